The van der Waals surface area contributed by atoms with Gasteiger partial charge in [0.05, 0.1) is 5.56 Å². The SMILES string of the molecule is Cc1c(O)cc(O)c2c1C(=O)OC[C@H](NC(=O)OC(C)(C)C)C(=O)N[C@@H](CBr)CSC2. The van der Waals surface area contributed by atoms with Gasteiger partial charge in [-0.2, -0.15) is 11.8 Å². The van der Waals surface area contributed by atoms with Crippen molar-refractivity contribution < 1.29 is 34.1 Å². The molecule has 0 fully saturated rings. The number of ether oxygens (including phenoxy) is 2. The molecule has 1 aromatic rings. The minimum atomic E-state index is -1.19. The zero-order valence-electron chi connectivity index (χ0n) is 17.8. The molecular weight excluding hydrogens is 492 g/mol. The summed E-state index contributed by atoms with van der Waals surface area (Å²) < 4.78 is 10.5. The number of alkyl halides is 1. The number of halogens is 1. The van der Waals surface area contributed by atoms with Crippen LogP contribution in [-0.4, -0.2) is 63.6 Å². The van der Waals surface area contributed by atoms with E-state index in [4.69, 9.17) is 9.47 Å². The zero-order chi connectivity index (χ0) is 23.3. The highest BCUT2D eigenvalue weighted by Crippen LogP contribution is 2.35. The first-order valence-electron chi connectivity index (χ1n) is 9.58. The molecule has 1 aliphatic heterocycles. The van der Waals surface area contributed by atoms with Crippen LogP contribution in [0.5, 0.6) is 11.5 Å². The Morgan fingerprint density at radius 3 is 2.65 bits per heavy atom. The van der Waals surface area contributed by atoms with Gasteiger partial charge in [0.2, 0.25) is 5.91 Å². The van der Waals surface area contributed by atoms with E-state index in [-0.39, 0.29) is 34.4 Å². The lowest BCUT2D eigenvalue weighted by Gasteiger charge is -2.26. The Morgan fingerprint density at radius 1 is 1.35 bits per heavy atom. The number of rotatable bonds is 2. The van der Waals surface area contributed by atoms with Gasteiger partial charge in [-0.05, 0) is 27.7 Å². The number of carbonyl (C=O) groups excluding carboxylic acids is 3. The summed E-state index contributed by atoms with van der Waals surface area (Å²) in [5, 5.41) is 26.0. The first-order chi connectivity index (χ1) is 14.4. The van der Waals surface area contributed by atoms with Crippen LogP contribution in [-0.2, 0) is 20.0 Å². The summed E-state index contributed by atoms with van der Waals surface area (Å²) in [6.07, 6.45) is -0.826. The Morgan fingerprint density at radius 2 is 2.03 bits per heavy atom. The normalized spacial score (nSPS) is 20.4. The van der Waals surface area contributed by atoms with Gasteiger partial charge in [-0.1, -0.05) is 15.9 Å². The molecule has 2 amide bonds. The Hall–Kier alpha value is -2.14. The predicted octanol–water partition coefficient (Wildman–Crippen LogP) is 2.58. The molecule has 0 aromatic heterocycles. The summed E-state index contributed by atoms with van der Waals surface area (Å²) in [5.74, 6) is -1.06. The van der Waals surface area contributed by atoms with Gasteiger partial charge in [0, 0.05) is 40.1 Å². The van der Waals surface area contributed by atoms with Gasteiger partial charge >= 0.3 is 12.1 Å². The summed E-state index contributed by atoms with van der Waals surface area (Å²) in [7, 11) is 0. The van der Waals surface area contributed by atoms with E-state index in [2.05, 4.69) is 26.6 Å². The molecule has 4 N–H and O–H groups in total. The molecule has 172 valence electrons. The van der Waals surface area contributed by atoms with Crippen molar-refractivity contribution in [2.24, 2.45) is 0 Å². The van der Waals surface area contributed by atoms with Crippen LogP contribution < -0.4 is 10.6 Å². The second-order valence-electron chi connectivity index (χ2n) is 8.07. The number of thioether (sulfide) groups is 1. The number of benzene rings is 1. The molecule has 0 bridgehead atoms. The maximum Gasteiger partial charge on any atom is 0.408 e. The predicted molar refractivity (Wildman–Crippen MR) is 120 cm³/mol. The molecule has 1 aromatic carbocycles. The lowest BCUT2D eigenvalue weighted by molar-refractivity contribution is -0.124. The van der Waals surface area contributed by atoms with Crippen molar-refractivity contribution in [2.45, 2.75) is 51.1 Å². The number of phenolic OH excluding ortho intramolecular Hbond substituents is 2. The summed E-state index contributed by atoms with van der Waals surface area (Å²) in [5.41, 5.74) is -0.142. The number of alkyl carbamates (subject to hydrolysis) is 1. The zero-order valence-corrected chi connectivity index (χ0v) is 20.2. The maximum absolute atomic E-state index is 12.8. The van der Waals surface area contributed by atoms with Crippen LogP contribution in [0.15, 0.2) is 6.07 Å². The van der Waals surface area contributed by atoms with E-state index in [1.54, 1.807) is 20.8 Å². The number of hydrogen-bond donors (Lipinski definition) is 4. The van der Waals surface area contributed by atoms with Crippen molar-refractivity contribution in [1.29, 1.82) is 0 Å². The van der Waals surface area contributed by atoms with Crippen LogP contribution in [0.25, 0.3) is 0 Å². The minimum Gasteiger partial charge on any atom is -0.508 e. The third-order valence-electron chi connectivity index (χ3n) is 4.33. The summed E-state index contributed by atoms with van der Waals surface area (Å²) in [4.78, 5) is 37.7. The van der Waals surface area contributed by atoms with E-state index >= 15 is 0 Å². The van der Waals surface area contributed by atoms with E-state index in [9.17, 15) is 24.6 Å². The fourth-order valence-corrected chi connectivity index (χ4v) is 4.62. The number of phenols is 2. The highest BCUT2D eigenvalue weighted by atomic mass is 79.9. The van der Waals surface area contributed by atoms with Gasteiger partial charge in [-0.25, -0.2) is 9.59 Å². The van der Waals surface area contributed by atoms with Gasteiger partial charge in [-0.15, -0.1) is 0 Å². The number of aromatic hydroxyl groups is 2. The summed E-state index contributed by atoms with van der Waals surface area (Å²) in [6.45, 7) is 6.14. The fourth-order valence-electron chi connectivity index (χ4n) is 2.82. The highest BCUT2D eigenvalue weighted by molar-refractivity contribution is 9.09. The van der Waals surface area contributed by atoms with Gasteiger partial charge in [-0.3, -0.25) is 4.79 Å². The first kappa shape index (κ1) is 25.1. The number of amides is 2. The van der Waals surface area contributed by atoms with Crippen LogP contribution in [0, 0.1) is 6.92 Å². The Balaban J connectivity index is 2.36. The monoisotopic (exact) mass is 518 g/mol. The Labute approximate surface area is 193 Å². The van der Waals surface area contributed by atoms with Crippen LogP contribution in [0.2, 0.25) is 0 Å². The molecule has 31 heavy (non-hydrogen) atoms. The van der Waals surface area contributed by atoms with Gasteiger partial charge in [0.25, 0.3) is 0 Å². The van der Waals surface area contributed by atoms with Crippen molar-refractivity contribution in [3.8, 4) is 11.5 Å². The third-order valence-corrected chi connectivity index (χ3v) is 6.25. The number of carbonyl (C=O) groups is 3. The van der Waals surface area contributed by atoms with Crippen LogP contribution >= 0.6 is 27.7 Å². The third kappa shape index (κ3) is 6.93. The van der Waals surface area contributed by atoms with E-state index < -0.39 is 36.2 Å². The van der Waals surface area contributed by atoms with Crippen LogP contribution in [0.4, 0.5) is 4.79 Å². The minimum absolute atomic E-state index is 0.0393. The Kier molecular flexibility index (Phi) is 8.47. The van der Waals surface area contributed by atoms with Gasteiger partial charge < -0.3 is 30.3 Å². The maximum atomic E-state index is 12.8. The second kappa shape index (κ2) is 10.4. The quantitative estimate of drug-likeness (QED) is 0.346. The van der Waals surface area contributed by atoms with E-state index in [0.717, 1.165) is 0 Å². The number of nitrogens with one attached hydrogen (secondary N) is 2. The van der Waals surface area contributed by atoms with Crippen molar-refractivity contribution in [3.63, 3.8) is 0 Å². The molecule has 0 unspecified atom stereocenters. The first-order valence-corrected chi connectivity index (χ1v) is 11.9. The van der Waals surface area contributed by atoms with E-state index in [1.807, 2.05) is 0 Å². The second-order valence-corrected chi connectivity index (χ2v) is 9.74. The molecule has 0 saturated heterocycles. The van der Waals surface area contributed by atoms with E-state index in [1.165, 1.54) is 24.8 Å². The van der Waals surface area contributed by atoms with Crippen molar-refractivity contribution in [1.82, 2.24) is 10.6 Å². The van der Waals surface area contributed by atoms with Gasteiger partial charge in [0.15, 0.2) is 0 Å². The standard InChI is InChI=1S/C20H27BrN2O7S/c1-10-14(24)5-15(25)12-9-31-8-11(6-21)22-17(26)13(7-29-18(27)16(10)12)23-19(28)30-20(2,3)4/h5,11,13,24-25H,6-9H2,1-4H3,(H,22,26)(H,23,28)/t11-,13-/m0/s1. The molecule has 1 heterocycles. The largest absolute Gasteiger partial charge is 0.508 e. The molecule has 11 heteroatoms. The molecule has 2 atom stereocenters. The fraction of sp³-hybridized carbons (Fsp3) is 0.550. The number of hydrogen-bond acceptors (Lipinski definition) is 8. The number of esters is 1. The molecule has 0 spiro atoms. The number of cyclic esters (lactones) is 1. The molecule has 0 aliphatic carbocycles. The molecule has 1 aliphatic rings. The molecular formula is C20H27BrN2O7S. The average molecular weight is 519 g/mol. The van der Waals surface area contributed by atoms with Crippen molar-refractivity contribution >= 4 is 45.7 Å². The van der Waals surface area contributed by atoms with Gasteiger partial charge in [0.1, 0.15) is 29.7 Å². The average Bonchev–Trinajstić information content (AvgIpc) is 2.65. The van der Waals surface area contributed by atoms with Crippen LogP contribution in [0.1, 0.15) is 42.3 Å². The molecule has 0 saturated carbocycles. The summed E-state index contributed by atoms with van der Waals surface area (Å²) in [6, 6.07) is -0.288. The van der Waals surface area contributed by atoms with Crippen molar-refractivity contribution in [2.75, 3.05) is 17.7 Å². The topological polar surface area (TPSA) is 134 Å². The van der Waals surface area contributed by atoms with Crippen molar-refractivity contribution in [3.05, 3.63) is 22.8 Å². The van der Waals surface area contributed by atoms with Crippen LogP contribution in [0.3, 0.4) is 0 Å². The highest BCUT2D eigenvalue weighted by Gasteiger charge is 2.30. The lowest BCUT2D eigenvalue weighted by atomic mass is 10.0. The Bertz CT molecular complexity index is 857. The van der Waals surface area contributed by atoms with E-state index in [0.29, 0.717) is 16.6 Å². The smallest absolute Gasteiger partial charge is 0.408 e. The molecule has 2 rings (SSSR count). The number of fused-ring (bicyclic) bond motifs is 1. The lowest BCUT2D eigenvalue weighted by Crippen LogP contribution is -2.53. The molecule has 0 radical (unpaired) electrons. The molecule has 9 nitrogen and oxygen atoms in total. The summed E-state index contributed by atoms with van der Waals surface area (Å²) >= 11 is 4.75.